The molecule has 0 saturated heterocycles. The molecule has 3 heteroatoms. The van der Waals surface area contributed by atoms with Gasteiger partial charge in [0.15, 0.2) is 0 Å². The Kier molecular flexibility index (Phi) is 4.73. The van der Waals surface area contributed by atoms with Crippen LogP contribution in [0.15, 0.2) is 48.8 Å². The molecular formula is C15H19N2O+. The molecule has 2 rings (SSSR count). The molecule has 1 heterocycles. The topological polar surface area (TPSA) is 38.7 Å². The van der Waals surface area contributed by atoms with Gasteiger partial charge in [0.05, 0.1) is 6.61 Å². The van der Waals surface area contributed by atoms with Crippen LogP contribution in [0.4, 0.5) is 0 Å². The van der Waals surface area contributed by atoms with Crippen molar-refractivity contribution in [2.75, 3.05) is 6.61 Å². The summed E-state index contributed by atoms with van der Waals surface area (Å²) >= 11 is 0. The predicted octanol–water partition coefficient (Wildman–Crippen LogP) is 1.74. The lowest BCUT2D eigenvalue weighted by Crippen LogP contribution is -2.80. The molecule has 0 atom stereocenters. The zero-order valence-corrected chi connectivity index (χ0v) is 10.7. The summed E-state index contributed by atoms with van der Waals surface area (Å²) in [6.07, 6.45) is 3.67. The fourth-order valence-electron chi connectivity index (χ4n) is 1.81. The highest BCUT2D eigenvalue weighted by Gasteiger charge is 1.98. The minimum atomic E-state index is 0.716. The second-order valence-corrected chi connectivity index (χ2v) is 4.13. The lowest BCUT2D eigenvalue weighted by atomic mass is 10.2. The first-order chi connectivity index (χ1) is 8.88. The van der Waals surface area contributed by atoms with Crippen LogP contribution >= 0.6 is 0 Å². The van der Waals surface area contributed by atoms with E-state index in [2.05, 4.69) is 34.6 Å². The Morgan fingerprint density at radius 1 is 0.944 bits per heavy atom. The number of hydrogen-bond donors (Lipinski definition) is 1. The van der Waals surface area contributed by atoms with Crippen LogP contribution in [0.25, 0.3) is 0 Å². The molecule has 0 amide bonds. The van der Waals surface area contributed by atoms with Gasteiger partial charge in [0.1, 0.15) is 18.8 Å². The molecule has 0 aliphatic heterocycles. The summed E-state index contributed by atoms with van der Waals surface area (Å²) in [5, 5.41) is 2.28. The van der Waals surface area contributed by atoms with E-state index < -0.39 is 0 Å². The summed E-state index contributed by atoms with van der Waals surface area (Å²) in [5.74, 6) is 0.940. The second kappa shape index (κ2) is 6.77. The first kappa shape index (κ1) is 12.6. The number of rotatable bonds is 6. The fraction of sp³-hybridized carbons (Fsp3) is 0.267. The van der Waals surface area contributed by atoms with E-state index >= 15 is 0 Å². The molecule has 1 aromatic heterocycles. The van der Waals surface area contributed by atoms with Gasteiger partial charge in [-0.25, -0.2) is 0 Å². The molecule has 0 radical (unpaired) electrons. The van der Waals surface area contributed by atoms with Crippen LogP contribution in [0, 0.1) is 0 Å². The van der Waals surface area contributed by atoms with Crippen molar-refractivity contribution < 1.29 is 10.1 Å². The van der Waals surface area contributed by atoms with Crippen molar-refractivity contribution in [1.29, 1.82) is 0 Å². The van der Waals surface area contributed by atoms with Gasteiger partial charge >= 0.3 is 0 Å². The molecule has 0 unspecified atom stereocenters. The third-order valence-electron chi connectivity index (χ3n) is 2.74. The van der Waals surface area contributed by atoms with Crippen molar-refractivity contribution in [2.24, 2.45) is 0 Å². The van der Waals surface area contributed by atoms with E-state index in [1.165, 1.54) is 11.1 Å². The van der Waals surface area contributed by atoms with Gasteiger partial charge in [-0.05, 0) is 43.3 Å². The van der Waals surface area contributed by atoms with E-state index in [4.69, 9.17) is 4.74 Å². The summed E-state index contributed by atoms with van der Waals surface area (Å²) in [7, 11) is 0. The number of hydrogen-bond acceptors (Lipinski definition) is 2. The molecule has 18 heavy (non-hydrogen) atoms. The Bertz CT molecular complexity index is 454. The van der Waals surface area contributed by atoms with Gasteiger partial charge in [-0.1, -0.05) is 0 Å². The molecule has 2 aromatic rings. The monoisotopic (exact) mass is 243 g/mol. The maximum atomic E-state index is 5.42. The standard InChI is InChI=1S/C15H18N2O/c1-2-18-15-5-3-13(4-6-15)11-17-12-14-7-9-16-10-8-14/h3-10,17H,2,11-12H2,1H3/p+1. The van der Waals surface area contributed by atoms with E-state index in [0.717, 1.165) is 18.8 Å². The normalized spacial score (nSPS) is 10.3. The zero-order valence-electron chi connectivity index (χ0n) is 10.7. The van der Waals surface area contributed by atoms with E-state index in [-0.39, 0.29) is 0 Å². The maximum Gasteiger partial charge on any atom is 0.119 e. The van der Waals surface area contributed by atoms with Gasteiger partial charge in [0.25, 0.3) is 0 Å². The average Bonchev–Trinajstić information content (AvgIpc) is 2.42. The van der Waals surface area contributed by atoms with E-state index in [9.17, 15) is 0 Å². The Morgan fingerprint density at radius 2 is 1.56 bits per heavy atom. The van der Waals surface area contributed by atoms with Crippen molar-refractivity contribution in [1.82, 2.24) is 4.98 Å². The zero-order chi connectivity index (χ0) is 12.6. The number of aromatic nitrogens is 1. The Balaban J connectivity index is 1.80. The average molecular weight is 243 g/mol. The van der Waals surface area contributed by atoms with Gasteiger partial charge in [-0.3, -0.25) is 4.98 Å². The summed E-state index contributed by atoms with van der Waals surface area (Å²) < 4.78 is 5.42. The third kappa shape index (κ3) is 3.86. The Labute approximate surface area is 108 Å². The molecule has 0 bridgehead atoms. The number of pyridine rings is 1. The Hall–Kier alpha value is -1.87. The fourth-order valence-corrected chi connectivity index (χ4v) is 1.81. The lowest BCUT2D eigenvalue weighted by molar-refractivity contribution is -0.686. The van der Waals surface area contributed by atoms with Crippen LogP contribution in [-0.2, 0) is 13.1 Å². The van der Waals surface area contributed by atoms with Crippen LogP contribution in [0.5, 0.6) is 5.75 Å². The lowest BCUT2D eigenvalue weighted by Gasteiger charge is -2.05. The highest BCUT2D eigenvalue weighted by atomic mass is 16.5. The highest BCUT2D eigenvalue weighted by Crippen LogP contribution is 2.11. The number of nitrogens with zero attached hydrogens (tertiary/aromatic N) is 1. The summed E-state index contributed by atoms with van der Waals surface area (Å²) in [6, 6.07) is 12.4. The van der Waals surface area contributed by atoms with Crippen LogP contribution in [0.3, 0.4) is 0 Å². The minimum absolute atomic E-state index is 0.716. The van der Waals surface area contributed by atoms with Gasteiger partial charge < -0.3 is 10.1 Å². The van der Waals surface area contributed by atoms with Gasteiger partial charge in [-0.2, -0.15) is 0 Å². The van der Waals surface area contributed by atoms with Crippen LogP contribution in [0.2, 0.25) is 0 Å². The molecule has 0 aliphatic rings. The minimum Gasteiger partial charge on any atom is -0.494 e. The molecule has 1 aromatic carbocycles. The Morgan fingerprint density at radius 3 is 2.17 bits per heavy atom. The maximum absolute atomic E-state index is 5.42. The van der Waals surface area contributed by atoms with Crippen molar-refractivity contribution in [3.63, 3.8) is 0 Å². The van der Waals surface area contributed by atoms with Crippen molar-refractivity contribution in [2.45, 2.75) is 20.0 Å². The van der Waals surface area contributed by atoms with Crippen LogP contribution < -0.4 is 10.1 Å². The third-order valence-corrected chi connectivity index (χ3v) is 2.74. The van der Waals surface area contributed by atoms with E-state index in [1.54, 1.807) is 0 Å². The summed E-state index contributed by atoms with van der Waals surface area (Å²) in [6.45, 7) is 4.67. The first-order valence-electron chi connectivity index (χ1n) is 6.31. The molecule has 0 fully saturated rings. The number of nitrogens with two attached hydrogens (primary N) is 1. The quantitative estimate of drug-likeness (QED) is 0.839. The van der Waals surface area contributed by atoms with Gasteiger partial charge in [0, 0.05) is 23.5 Å². The SMILES string of the molecule is CCOc1ccc(C[NH2+]Cc2ccncc2)cc1. The molecule has 0 aliphatic carbocycles. The molecule has 2 N–H and O–H groups in total. The largest absolute Gasteiger partial charge is 0.494 e. The second-order valence-electron chi connectivity index (χ2n) is 4.13. The molecular weight excluding hydrogens is 224 g/mol. The van der Waals surface area contributed by atoms with Crippen molar-refractivity contribution in [3.05, 3.63) is 59.9 Å². The molecule has 0 saturated carbocycles. The van der Waals surface area contributed by atoms with Crippen molar-refractivity contribution in [3.8, 4) is 5.75 Å². The summed E-state index contributed by atoms with van der Waals surface area (Å²) in [4.78, 5) is 4.01. The van der Waals surface area contributed by atoms with Gasteiger partial charge in [-0.15, -0.1) is 0 Å². The highest BCUT2D eigenvalue weighted by molar-refractivity contribution is 5.26. The van der Waals surface area contributed by atoms with Crippen LogP contribution in [0.1, 0.15) is 18.1 Å². The molecule has 0 spiro atoms. The number of ether oxygens (including phenoxy) is 1. The molecule has 3 nitrogen and oxygen atoms in total. The van der Waals surface area contributed by atoms with Crippen LogP contribution in [-0.4, -0.2) is 11.6 Å². The van der Waals surface area contributed by atoms with E-state index in [1.807, 2.05) is 31.5 Å². The molecule has 94 valence electrons. The van der Waals surface area contributed by atoms with E-state index in [0.29, 0.717) is 6.61 Å². The number of benzene rings is 1. The smallest absolute Gasteiger partial charge is 0.119 e. The van der Waals surface area contributed by atoms with Gasteiger partial charge in [0.2, 0.25) is 0 Å². The predicted molar refractivity (Wildman–Crippen MR) is 71.2 cm³/mol. The summed E-state index contributed by atoms with van der Waals surface area (Å²) in [5.41, 5.74) is 2.61. The number of quaternary nitrogens is 1. The first-order valence-corrected chi connectivity index (χ1v) is 6.31. The van der Waals surface area contributed by atoms with Crippen molar-refractivity contribution >= 4 is 0 Å².